The molecule has 0 bridgehead atoms. The van der Waals surface area contributed by atoms with Crippen molar-refractivity contribution in [2.45, 2.75) is 6.42 Å². The molecule has 5 aromatic rings. The Morgan fingerprint density at radius 2 is 1.92 bits per heavy atom. The Kier molecular flexibility index (Phi) is 6.77. The number of nitrogens with two attached hydrogens (primary N) is 1. The normalized spacial score (nSPS) is 10.9. The number of rotatable bonds is 9. The summed E-state index contributed by atoms with van der Waals surface area (Å²) >= 11 is 0. The van der Waals surface area contributed by atoms with Crippen LogP contribution in [0.5, 0.6) is 5.75 Å². The molecule has 0 aliphatic rings. The van der Waals surface area contributed by atoms with Crippen LogP contribution in [0.1, 0.15) is 15.9 Å². The molecule has 3 heterocycles. The van der Waals surface area contributed by atoms with Gasteiger partial charge in [0.2, 0.25) is 5.95 Å². The van der Waals surface area contributed by atoms with Crippen LogP contribution in [0.2, 0.25) is 0 Å². The number of aromatic nitrogens is 4. The van der Waals surface area contributed by atoms with Crippen molar-refractivity contribution in [2.24, 2.45) is 7.05 Å². The predicted molar refractivity (Wildman–Crippen MR) is 148 cm³/mol. The molecule has 5 N–H and O–H groups in total. The first kappa shape index (κ1) is 24.6. The molecule has 38 heavy (non-hydrogen) atoms. The minimum absolute atomic E-state index is 0.293. The quantitative estimate of drug-likeness (QED) is 0.208. The number of hydrogen-bond donors (Lipinski definition) is 4. The lowest BCUT2D eigenvalue weighted by atomic mass is 10.0. The fourth-order valence-electron chi connectivity index (χ4n) is 4.40. The minimum atomic E-state index is -0.944. The minimum Gasteiger partial charge on any atom is -0.494 e. The zero-order chi connectivity index (χ0) is 26.6. The van der Waals surface area contributed by atoms with Crippen LogP contribution in [0.15, 0.2) is 73.2 Å². The highest BCUT2D eigenvalue weighted by Gasteiger charge is 2.14. The average Bonchev–Trinajstić information content (AvgIpc) is 3.27. The molecule has 0 radical (unpaired) electrons. The highest BCUT2D eigenvalue weighted by Crippen LogP contribution is 2.35. The Bertz CT molecular complexity index is 1630. The molecule has 0 saturated heterocycles. The van der Waals surface area contributed by atoms with Gasteiger partial charge in [-0.3, -0.25) is 0 Å². The van der Waals surface area contributed by atoms with Crippen LogP contribution in [0, 0.1) is 0 Å². The highest BCUT2D eigenvalue weighted by atomic mass is 16.5. The molecule has 10 nitrogen and oxygen atoms in total. The van der Waals surface area contributed by atoms with Crippen LogP contribution in [-0.2, 0) is 13.5 Å². The Balaban J connectivity index is 1.35. The molecule has 192 valence electrons. The third kappa shape index (κ3) is 4.92. The van der Waals surface area contributed by atoms with Crippen molar-refractivity contribution in [1.29, 1.82) is 0 Å². The summed E-state index contributed by atoms with van der Waals surface area (Å²) in [5, 5.41) is 16.9. The number of carboxylic acid groups (broad SMARTS) is 1. The Labute approximate surface area is 219 Å². The van der Waals surface area contributed by atoms with E-state index in [1.54, 1.807) is 43.8 Å². The third-order valence-electron chi connectivity index (χ3n) is 6.24. The van der Waals surface area contributed by atoms with Gasteiger partial charge >= 0.3 is 5.97 Å². The maximum absolute atomic E-state index is 11.5. The number of aryl methyl sites for hydroxylation is 1. The van der Waals surface area contributed by atoms with Crippen LogP contribution >= 0.6 is 0 Å². The van der Waals surface area contributed by atoms with Gasteiger partial charge in [-0.05, 0) is 42.3 Å². The number of benzene rings is 2. The number of nitrogen functional groups attached to an aromatic ring is 1. The Hall–Kier alpha value is -5.12. The van der Waals surface area contributed by atoms with E-state index in [0.29, 0.717) is 47.3 Å². The highest BCUT2D eigenvalue weighted by molar-refractivity contribution is 5.93. The molecule has 0 aliphatic heterocycles. The van der Waals surface area contributed by atoms with Gasteiger partial charge in [-0.2, -0.15) is 0 Å². The second kappa shape index (κ2) is 10.5. The number of carbonyl (C=O) groups is 1. The van der Waals surface area contributed by atoms with E-state index in [0.717, 1.165) is 27.9 Å². The van der Waals surface area contributed by atoms with Crippen LogP contribution in [0.3, 0.4) is 0 Å². The third-order valence-corrected chi connectivity index (χ3v) is 6.24. The number of nitrogens with zero attached hydrogens (tertiary/aromatic N) is 4. The molecule has 0 aliphatic carbocycles. The largest absolute Gasteiger partial charge is 0.494 e. The first-order chi connectivity index (χ1) is 18.4. The van der Waals surface area contributed by atoms with E-state index < -0.39 is 5.97 Å². The lowest BCUT2D eigenvalue weighted by Gasteiger charge is -2.16. The topological polar surface area (TPSA) is 140 Å². The number of methoxy groups -OCH3 is 1. The standard InChI is InChI=1S/C28H27N7O3/c1-35-16-20(19-8-5-11-31-26(19)35)22-10-13-32-28(33-22)34-24-14-21(29)23(15-25(24)38-2)30-12-9-17-6-3-4-7-18(17)27(36)37/h3-8,10-11,13-16,30H,9,12,29H2,1-2H3,(H,36,37)(H,32,33,34). The molecule has 0 amide bonds. The molecular weight excluding hydrogens is 482 g/mol. The van der Waals surface area contributed by atoms with E-state index in [2.05, 4.69) is 20.6 Å². The van der Waals surface area contributed by atoms with Crippen molar-refractivity contribution < 1.29 is 14.6 Å². The molecule has 5 rings (SSSR count). The number of ether oxygens (including phenoxy) is 1. The van der Waals surface area contributed by atoms with E-state index in [9.17, 15) is 9.90 Å². The van der Waals surface area contributed by atoms with Crippen LogP contribution in [-0.4, -0.2) is 44.2 Å². The van der Waals surface area contributed by atoms with Crippen molar-refractivity contribution in [2.75, 3.05) is 30.0 Å². The molecule has 10 heteroatoms. The van der Waals surface area contributed by atoms with Gasteiger partial charge in [0.05, 0.1) is 35.4 Å². The van der Waals surface area contributed by atoms with Crippen LogP contribution < -0.4 is 21.1 Å². The summed E-state index contributed by atoms with van der Waals surface area (Å²) < 4.78 is 7.57. The van der Waals surface area contributed by atoms with Crippen LogP contribution in [0.4, 0.5) is 23.0 Å². The Morgan fingerprint density at radius 1 is 1.08 bits per heavy atom. The van der Waals surface area contributed by atoms with Gasteiger partial charge in [0, 0.05) is 49.2 Å². The Morgan fingerprint density at radius 3 is 2.74 bits per heavy atom. The van der Waals surface area contributed by atoms with Gasteiger partial charge in [0.25, 0.3) is 0 Å². The molecule has 3 aromatic heterocycles. The summed E-state index contributed by atoms with van der Waals surface area (Å²) in [5.74, 6) is 0.00342. The molecule has 0 spiro atoms. The second-order valence-electron chi connectivity index (χ2n) is 8.70. The smallest absolute Gasteiger partial charge is 0.335 e. The summed E-state index contributed by atoms with van der Waals surface area (Å²) in [7, 11) is 3.53. The van der Waals surface area contributed by atoms with Crippen molar-refractivity contribution >= 4 is 40.0 Å². The predicted octanol–water partition coefficient (Wildman–Crippen LogP) is 4.72. The fourth-order valence-corrected chi connectivity index (χ4v) is 4.40. The van der Waals surface area contributed by atoms with E-state index in [-0.39, 0.29) is 0 Å². The summed E-state index contributed by atoms with van der Waals surface area (Å²) in [6, 6.07) is 16.3. The molecule has 0 unspecified atom stereocenters. The molecular formula is C28H27N7O3. The number of pyridine rings is 1. The fraction of sp³-hybridized carbons (Fsp3) is 0.143. The SMILES string of the molecule is COc1cc(NCCc2ccccc2C(=O)O)c(N)cc1Nc1nccc(-c2cn(C)c3ncccc23)n1. The van der Waals surface area contributed by atoms with Gasteiger partial charge < -0.3 is 30.8 Å². The molecule has 0 saturated carbocycles. The van der Waals surface area contributed by atoms with E-state index in [1.807, 2.05) is 48.1 Å². The molecule has 0 fully saturated rings. The van der Waals surface area contributed by atoms with E-state index in [4.69, 9.17) is 15.5 Å². The lowest BCUT2D eigenvalue weighted by Crippen LogP contribution is -2.10. The lowest BCUT2D eigenvalue weighted by molar-refractivity contribution is 0.0695. The number of nitrogens with one attached hydrogen (secondary N) is 2. The van der Waals surface area contributed by atoms with Gasteiger partial charge in [-0.25, -0.2) is 19.7 Å². The zero-order valence-corrected chi connectivity index (χ0v) is 21.0. The summed E-state index contributed by atoms with van der Waals surface area (Å²) in [6.45, 7) is 0.496. The first-order valence-electron chi connectivity index (χ1n) is 12.0. The van der Waals surface area contributed by atoms with Gasteiger partial charge in [-0.1, -0.05) is 18.2 Å². The summed E-state index contributed by atoms with van der Waals surface area (Å²) in [4.78, 5) is 25.0. The summed E-state index contributed by atoms with van der Waals surface area (Å²) in [6.07, 6.45) is 5.98. The van der Waals surface area contributed by atoms with E-state index >= 15 is 0 Å². The average molecular weight is 510 g/mol. The van der Waals surface area contributed by atoms with Gasteiger partial charge in [0.15, 0.2) is 0 Å². The monoisotopic (exact) mass is 509 g/mol. The maximum atomic E-state index is 11.5. The molecule has 2 aromatic carbocycles. The number of aromatic carboxylic acids is 1. The van der Waals surface area contributed by atoms with Crippen molar-refractivity contribution in [3.8, 4) is 17.0 Å². The van der Waals surface area contributed by atoms with E-state index in [1.165, 1.54) is 0 Å². The number of carboxylic acids is 1. The number of hydrogen-bond acceptors (Lipinski definition) is 8. The first-order valence-corrected chi connectivity index (χ1v) is 12.0. The van der Waals surface area contributed by atoms with Crippen LogP contribution in [0.25, 0.3) is 22.3 Å². The zero-order valence-electron chi connectivity index (χ0n) is 21.0. The molecule has 0 atom stereocenters. The number of anilines is 4. The summed E-state index contributed by atoms with van der Waals surface area (Å²) in [5.41, 5.74) is 11.8. The van der Waals surface area contributed by atoms with Crippen molar-refractivity contribution in [3.05, 3.63) is 84.3 Å². The van der Waals surface area contributed by atoms with Gasteiger partial charge in [-0.15, -0.1) is 0 Å². The van der Waals surface area contributed by atoms with Crippen molar-refractivity contribution in [3.63, 3.8) is 0 Å². The maximum Gasteiger partial charge on any atom is 0.335 e. The second-order valence-corrected chi connectivity index (χ2v) is 8.70. The van der Waals surface area contributed by atoms with Gasteiger partial charge in [0.1, 0.15) is 11.4 Å². The van der Waals surface area contributed by atoms with Crippen molar-refractivity contribution in [1.82, 2.24) is 19.5 Å². The number of fused-ring (bicyclic) bond motifs is 1.